The van der Waals surface area contributed by atoms with Gasteiger partial charge in [0.2, 0.25) is 0 Å². The summed E-state index contributed by atoms with van der Waals surface area (Å²) in [6.45, 7) is 0. The zero-order chi connectivity index (χ0) is 10.8. The number of halogens is 3. The summed E-state index contributed by atoms with van der Waals surface area (Å²) < 4.78 is 12.9. The third-order valence-corrected chi connectivity index (χ3v) is 2.19. The number of aromatic nitrogens is 2. The molecule has 0 saturated carbocycles. The van der Waals surface area contributed by atoms with Gasteiger partial charge in [0.05, 0.1) is 6.20 Å². The second-order valence-electron chi connectivity index (χ2n) is 2.89. The van der Waals surface area contributed by atoms with Crippen LogP contribution in [-0.4, -0.2) is 9.97 Å². The maximum atomic E-state index is 12.9. The van der Waals surface area contributed by atoms with Crippen LogP contribution in [0.5, 0.6) is 0 Å². The quantitative estimate of drug-likeness (QED) is 0.715. The summed E-state index contributed by atoms with van der Waals surface area (Å²) in [6.07, 6.45) is 2.67. The molecule has 0 aliphatic rings. The maximum absolute atomic E-state index is 12.9. The normalized spacial score (nSPS) is 10.3. The molecule has 2 aromatic heterocycles. The smallest absolute Gasteiger partial charge is 0.142 e. The summed E-state index contributed by atoms with van der Waals surface area (Å²) in [5, 5.41) is 0.531. The fourth-order valence-corrected chi connectivity index (χ4v) is 1.66. The molecule has 0 bridgehead atoms. The van der Waals surface area contributed by atoms with E-state index in [9.17, 15) is 4.39 Å². The van der Waals surface area contributed by atoms with Gasteiger partial charge in [-0.25, -0.2) is 9.37 Å². The Bertz CT molecular complexity index is 482. The minimum absolute atomic E-state index is 0.266. The molecule has 0 N–H and O–H groups in total. The summed E-state index contributed by atoms with van der Waals surface area (Å²) in [4.78, 5) is 7.54. The lowest BCUT2D eigenvalue weighted by Gasteiger charge is -2.02. The van der Waals surface area contributed by atoms with Gasteiger partial charge in [-0.2, -0.15) is 0 Å². The highest BCUT2D eigenvalue weighted by Crippen LogP contribution is 2.24. The van der Waals surface area contributed by atoms with E-state index in [0.717, 1.165) is 6.20 Å². The Balaban J connectivity index is 2.54. The number of hydrogen-bond acceptors (Lipinski definition) is 2. The van der Waals surface area contributed by atoms with Crippen LogP contribution in [0.4, 0.5) is 4.39 Å². The molecule has 2 nitrogen and oxygen atoms in total. The first kappa shape index (κ1) is 10.3. The Kier molecular flexibility index (Phi) is 2.84. The highest BCUT2D eigenvalue weighted by molar-refractivity contribution is 6.32. The van der Waals surface area contributed by atoms with Crippen molar-refractivity contribution in [2.24, 2.45) is 0 Å². The molecule has 15 heavy (non-hydrogen) atoms. The standard InChI is InChI=1S/C10H5Cl2FN2/c11-9-2-6(3-10(12)15-9)7-1-8(13)5-14-4-7/h1-5H. The van der Waals surface area contributed by atoms with Crippen molar-refractivity contribution < 1.29 is 4.39 Å². The Morgan fingerprint density at radius 2 is 1.60 bits per heavy atom. The number of hydrogen-bond donors (Lipinski definition) is 0. The van der Waals surface area contributed by atoms with Gasteiger partial charge >= 0.3 is 0 Å². The number of nitrogens with zero attached hydrogens (tertiary/aromatic N) is 2. The zero-order valence-electron chi connectivity index (χ0n) is 7.42. The van der Waals surface area contributed by atoms with Gasteiger partial charge in [0.25, 0.3) is 0 Å². The van der Waals surface area contributed by atoms with Gasteiger partial charge in [-0.05, 0) is 23.8 Å². The summed E-state index contributed by atoms with van der Waals surface area (Å²) in [5.74, 6) is -0.406. The SMILES string of the molecule is Fc1cncc(-c2cc(Cl)nc(Cl)c2)c1. The largest absolute Gasteiger partial charge is 0.261 e. The Morgan fingerprint density at radius 3 is 2.20 bits per heavy atom. The highest BCUT2D eigenvalue weighted by atomic mass is 35.5. The molecule has 0 fully saturated rings. The first-order valence-corrected chi connectivity index (χ1v) is 4.85. The van der Waals surface area contributed by atoms with Crippen molar-refractivity contribution in [1.29, 1.82) is 0 Å². The van der Waals surface area contributed by atoms with Crippen LogP contribution in [0.15, 0.2) is 30.6 Å². The maximum Gasteiger partial charge on any atom is 0.142 e. The molecule has 0 aliphatic heterocycles. The summed E-state index contributed by atoms with van der Waals surface area (Å²) in [7, 11) is 0. The van der Waals surface area contributed by atoms with E-state index in [4.69, 9.17) is 23.2 Å². The van der Waals surface area contributed by atoms with E-state index >= 15 is 0 Å². The summed E-state index contributed by atoms with van der Waals surface area (Å²) in [5.41, 5.74) is 1.30. The molecule has 76 valence electrons. The molecule has 2 aromatic rings. The molecule has 2 rings (SSSR count). The minimum Gasteiger partial charge on any atom is -0.261 e. The van der Waals surface area contributed by atoms with Crippen LogP contribution in [0.2, 0.25) is 10.3 Å². The van der Waals surface area contributed by atoms with Crippen molar-refractivity contribution in [1.82, 2.24) is 9.97 Å². The topological polar surface area (TPSA) is 25.8 Å². The molecule has 0 atom stereocenters. The molecule has 0 saturated heterocycles. The predicted molar refractivity (Wildman–Crippen MR) is 57.4 cm³/mol. The lowest BCUT2D eigenvalue weighted by atomic mass is 10.1. The molecule has 0 radical (unpaired) electrons. The molecule has 5 heteroatoms. The Labute approximate surface area is 95.7 Å². The van der Waals surface area contributed by atoms with Crippen molar-refractivity contribution >= 4 is 23.2 Å². The number of pyridine rings is 2. The van der Waals surface area contributed by atoms with Crippen LogP contribution in [0.25, 0.3) is 11.1 Å². The average Bonchev–Trinajstić information content (AvgIpc) is 2.16. The van der Waals surface area contributed by atoms with Crippen molar-refractivity contribution in [2.45, 2.75) is 0 Å². The van der Waals surface area contributed by atoms with Crippen molar-refractivity contribution in [2.75, 3.05) is 0 Å². The van der Waals surface area contributed by atoms with E-state index in [1.165, 1.54) is 12.3 Å². The second-order valence-corrected chi connectivity index (χ2v) is 3.67. The molecule has 0 aliphatic carbocycles. The van der Waals surface area contributed by atoms with Gasteiger partial charge in [-0.15, -0.1) is 0 Å². The zero-order valence-corrected chi connectivity index (χ0v) is 8.93. The van der Waals surface area contributed by atoms with E-state index in [2.05, 4.69) is 9.97 Å². The first-order valence-electron chi connectivity index (χ1n) is 4.09. The third kappa shape index (κ3) is 2.43. The predicted octanol–water partition coefficient (Wildman–Crippen LogP) is 3.59. The van der Waals surface area contributed by atoms with Crippen LogP contribution < -0.4 is 0 Å². The Hall–Kier alpha value is -1.19. The van der Waals surface area contributed by atoms with Gasteiger partial charge in [0.15, 0.2) is 0 Å². The third-order valence-electron chi connectivity index (χ3n) is 1.80. The lowest BCUT2D eigenvalue weighted by Crippen LogP contribution is -1.85. The first-order chi connectivity index (χ1) is 7.15. The molecule has 0 aromatic carbocycles. The molecular formula is C10H5Cl2FN2. The van der Waals surface area contributed by atoms with Crippen molar-refractivity contribution in [3.8, 4) is 11.1 Å². The fourth-order valence-electron chi connectivity index (χ4n) is 1.20. The van der Waals surface area contributed by atoms with Crippen LogP contribution >= 0.6 is 23.2 Å². The highest BCUT2D eigenvalue weighted by Gasteiger charge is 2.03. The second kappa shape index (κ2) is 4.13. The van der Waals surface area contributed by atoms with Crippen LogP contribution in [0.1, 0.15) is 0 Å². The fraction of sp³-hybridized carbons (Fsp3) is 0. The molecule has 2 heterocycles. The van der Waals surface area contributed by atoms with Gasteiger partial charge in [-0.1, -0.05) is 23.2 Å². The summed E-state index contributed by atoms with van der Waals surface area (Å²) >= 11 is 11.5. The summed E-state index contributed by atoms with van der Waals surface area (Å²) in [6, 6.07) is 4.56. The van der Waals surface area contributed by atoms with Gasteiger partial charge in [0, 0.05) is 11.8 Å². The molecule has 0 spiro atoms. The van der Waals surface area contributed by atoms with E-state index in [1.807, 2.05) is 0 Å². The van der Waals surface area contributed by atoms with Gasteiger partial charge in [-0.3, -0.25) is 4.98 Å². The average molecular weight is 243 g/mol. The Morgan fingerprint density at radius 1 is 0.933 bits per heavy atom. The van der Waals surface area contributed by atoms with E-state index in [-0.39, 0.29) is 10.3 Å². The van der Waals surface area contributed by atoms with Gasteiger partial charge in [0.1, 0.15) is 16.1 Å². The molecule has 0 unspecified atom stereocenters. The van der Waals surface area contributed by atoms with Crippen LogP contribution in [0, 0.1) is 5.82 Å². The minimum atomic E-state index is -0.406. The van der Waals surface area contributed by atoms with Crippen LogP contribution in [-0.2, 0) is 0 Å². The molecule has 0 amide bonds. The number of rotatable bonds is 1. The molecular weight excluding hydrogens is 238 g/mol. The van der Waals surface area contributed by atoms with Gasteiger partial charge < -0.3 is 0 Å². The van der Waals surface area contributed by atoms with E-state index < -0.39 is 5.82 Å². The van der Waals surface area contributed by atoms with E-state index in [0.29, 0.717) is 11.1 Å². The monoisotopic (exact) mass is 242 g/mol. The van der Waals surface area contributed by atoms with Crippen molar-refractivity contribution in [3.63, 3.8) is 0 Å². The lowest BCUT2D eigenvalue weighted by molar-refractivity contribution is 0.622. The van der Waals surface area contributed by atoms with Crippen LogP contribution in [0.3, 0.4) is 0 Å². The van der Waals surface area contributed by atoms with E-state index in [1.54, 1.807) is 12.1 Å². The van der Waals surface area contributed by atoms with Crippen molar-refractivity contribution in [3.05, 3.63) is 46.7 Å².